The number of nitrogens with two attached hydrogens (primary N) is 1. The van der Waals surface area contributed by atoms with Gasteiger partial charge in [-0.15, -0.1) is 0 Å². The molecule has 1 aliphatic rings. The van der Waals surface area contributed by atoms with E-state index >= 15 is 0 Å². The highest BCUT2D eigenvalue weighted by Gasteiger charge is 2.24. The topological polar surface area (TPSA) is 67.4 Å². The lowest BCUT2D eigenvalue weighted by atomic mass is 10.2. The van der Waals surface area contributed by atoms with Crippen LogP contribution in [0.3, 0.4) is 0 Å². The monoisotopic (exact) mass is 237 g/mol. The van der Waals surface area contributed by atoms with E-state index in [2.05, 4.69) is 17.0 Å². The summed E-state index contributed by atoms with van der Waals surface area (Å²) in [5.74, 6) is 0.559. The van der Waals surface area contributed by atoms with Crippen LogP contribution in [0.25, 0.3) is 0 Å². The molecule has 0 saturated carbocycles. The first-order valence-electron chi connectivity index (χ1n) is 5.86. The Kier molecular flexibility index (Phi) is 3.33. The Balaban J connectivity index is 2.00. The van der Waals surface area contributed by atoms with Crippen LogP contribution in [0.5, 0.6) is 0 Å². The Morgan fingerprint density at radius 3 is 2.59 bits per heavy atom. The second-order valence-electron chi connectivity index (χ2n) is 4.53. The van der Waals surface area contributed by atoms with Gasteiger partial charge in [-0.05, 0) is 20.0 Å². The summed E-state index contributed by atoms with van der Waals surface area (Å²) < 4.78 is 1.62. The maximum absolute atomic E-state index is 12.2. The predicted octanol–water partition coefficient (Wildman–Crippen LogP) is -0.200. The quantitative estimate of drug-likeness (QED) is 0.773. The van der Waals surface area contributed by atoms with Crippen LogP contribution in [-0.2, 0) is 4.79 Å². The van der Waals surface area contributed by atoms with E-state index in [4.69, 9.17) is 5.73 Å². The molecule has 2 heterocycles. The number of nitrogen functional groups attached to an aromatic ring is 1. The molecular formula is C11H19N5O. The van der Waals surface area contributed by atoms with Crippen LogP contribution in [0.1, 0.15) is 13.0 Å². The summed E-state index contributed by atoms with van der Waals surface area (Å²) in [5.41, 5.74) is 5.55. The van der Waals surface area contributed by atoms with Gasteiger partial charge in [-0.25, -0.2) is 0 Å². The van der Waals surface area contributed by atoms with Crippen LogP contribution < -0.4 is 5.73 Å². The van der Waals surface area contributed by atoms with Crippen molar-refractivity contribution in [1.29, 1.82) is 0 Å². The molecule has 1 aromatic heterocycles. The number of piperazine rings is 1. The van der Waals surface area contributed by atoms with Crippen LogP contribution in [0.15, 0.2) is 12.3 Å². The minimum atomic E-state index is -0.282. The molecule has 2 N–H and O–H groups in total. The minimum Gasteiger partial charge on any atom is -0.382 e. The molecule has 1 amide bonds. The number of carbonyl (C=O) groups is 1. The fourth-order valence-electron chi connectivity index (χ4n) is 1.97. The molecule has 1 aliphatic heterocycles. The van der Waals surface area contributed by atoms with Gasteiger partial charge in [0, 0.05) is 32.4 Å². The summed E-state index contributed by atoms with van der Waals surface area (Å²) in [5, 5.41) is 4.08. The van der Waals surface area contributed by atoms with Gasteiger partial charge in [0.1, 0.15) is 11.9 Å². The second-order valence-corrected chi connectivity index (χ2v) is 4.53. The number of hydrogen-bond acceptors (Lipinski definition) is 4. The van der Waals surface area contributed by atoms with Gasteiger partial charge < -0.3 is 15.5 Å². The number of anilines is 1. The third-order valence-electron chi connectivity index (χ3n) is 3.20. The summed E-state index contributed by atoms with van der Waals surface area (Å²) in [7, 11) is 2.07. The highest BCUT2D eigenvalue weighted by atomic mass is 16.2. The van der Waals surface area contributed by atoms with Gasteiger partial charge in [0.05, 0.1) is 0 Å². The molecular weight excluding hydrogens is 218 g/mol. The van der Waals surface area contributed by atoms with Crippen molar-refractivity contribution in [3.63, 3.8) is 0 Å². The average Bonchev–Trinajstić information content (AvgIpc) is 2.75. The lowest BCUT2D eigenvalue weighted by Crippen LogP contribution is -2.49. The van der Waals surface area contributed by atoms with Crippen LogP contribution in [-0.4, -0.2) is 58.7 Å². The Labute approximate surface area is 101 Å². The Morgan fingerprint density at radius 2 is 2.06 bits per heavy atom. The molecule has 6 heteroatoms. The van der Waals surface area contributed by atoms with Gasteiger partial charge in [0.2, 0.25) is 5.91 Å². The van der Waals surface area contributed by atoms with Crippen LogP contribution >= 0.6 is 0 Å². The molecule has 1 fully saturated rings. The normalized spacial score (nSPS) is 19.3. The van der Waals surface area contributed by atoms with Gasteiger partial charge in [-0.2, -0.15) is 5.10 Å². The van der Waals surface area contributed by atoms with Crippen molar-refractivity contribution in [3.05, 3.63) is 12.3 Å². The number of aromatic nitrogens is 2. The zero-order valence-electron chi connectivity index (χ0n) is 10.3. The van der Waals surface area contributed by atoms with Gasteiger partial charge in [-0.3, -0.25) is 9.48 Å². The number of hydrogen-bond donors (Lipinski definition) is 1. The fraction of sp³-hybridized carbons (Fsp3) is 0.636. The summed E-state index contributed by atoms with van der Waals surface area (Å²) in [6, 6.07) is 1.42. The third kappa shape index (κ3) is 2.58. The molecule has 94 valence electrons. The molecule has 0 aliphatic carbocycles. The Hall–Kier alpha value is -1.56. The van der Waals surface area contributed by atoms with E-state index < -0.39 is 0 Å². The van der Waals surface area contributed by atoms with Gasteiger partial charge in [-0.1, -0.05) is 0 Å². The molecule has 1 unspecified atom stereocenters. The molecule has 1 aromatic rings. The van der Waals surface area contributed by atoms with E-state index in [1.165, 1.54) is 0 Å². The number of likely N-dealkylation sites (N-methyl/N-ethyl adjacent to an activating group) is 1. The predicted molar refractivity (Wildman–Crippen MR) is 65.4 cm³/mol. The van der Waals surface area contributed by atoms with Crippen molar-refractivity contribution >= 4 is 11.7 Å². The SMILES string of the molecule is CC(C(=O)N1CCN(C)CC1)n1ccc(N)n1. The lowest BCUT2D eigenvalue weighted by Gasteiger charge is -2.33. The second kappa shape index (κ2) is 4.75. The van der Waals surface area contributed by atoms with Crippen LogP contribution in [0.4, 0.5) is 5.82 Å². The van der Waals surface area contributed by atoms with E-state index in [-0.39, 0.29) is 11.9 Å². The average molecular weight is 237 g/mol. The molecule has 0 aromatic carbocycles. The highest BCUT2D eigenvalue weighted by Crippen LogP contribution is 2.12. The summed E-state index contributed by atoms with van der Waals surface area (Å²) in [4.78, 5) is 16.3. The Bertz CT molecular complexity index is 394. The van der Waals surface area contributed by atoms with Crippen molar-refractivity contribution < 1.29 is 4.79 Å². The van der Waals surface area contributed by atoms with E-state index in [0.717, 1.165) is 26.2 Å². The van der Waals surface area contributed by atoms with Crippen molar-refractivity contribution in [2.45, 2.75) is 13.0 Å². The van der Waals surface area contributed by atoms with Crippen LogP contribution in [0, 0.1) is 0 Å². The van der Waals surface area contributed by atoms with Crippen LogP contribution in [0.2, 0.25) is 0 Å². The number of rotatable bonds is 2. The van der Waals surface area contributed by atoms with Gasteiger partial charge >= 0.3 is 0 Å². The summed E-state index contributed by atoms with van der Waals surface area (Å²) in [6.07, 6.45) is 1.74. The van der Waals surface area contributed by atoms with E-state index in [1.54, 1.807) is 16.9 Å². The lowest BCUT2D eigenvalue weighted by molar-refractivity contribution is -0.136. The number of nitrogens with zero attached hydrogens (tertiary/aromatic N) is 4. The molecule has 0 spiro atoms. The van der Waals surface area contributed by atoms with Crippen molar-refractivity contribution in [3.8, 4) is 0 Å². The fourth-order valence-corrected chi connectivity index (χ4v) is 1.97. The third-order valence-corrected chi connectivity index (χ3v) is 3.20. The number of carbonyl (C=O) groups excluding carboxylic acids is 1. The first-order valence-corrected chi connectivity index (χ1v) is 5.86. The van der Waals surface area contributed by atoms with Crippen molar-refractivity contribution in [2.24, 2.45) is 0 Å². The summed E-state index contributed by atoms with van der Waals surface area (Å²) >= 11 is 0. The van der Waals surface area contributed by atoms with Crippen molar-refractivity contribution in [1.82, 2.24) is 19.6 Å². The molecule has 6 nitrogen and oxygen atoms in total. The minimum absolute atomic E-state index is 0.112. The van der Waals surface area contributed by atoms with Crippen molar-refractivity contribution in [2.75, 3.05) is 39.0 Å². The highest BCUT2D eigenvalue weighted by molar-refractivity contribution is 5.80. The smallest absolute Gasteiger partial charge is 0.247 e. The Morgan fingerprint density at radius 1 is 1.41 bits per heavy atom. The molecule has 0 radical (unpaired) electrons. The standard InChI is InChI=1S/C11H19N5O/c1-9(16-4-3-10(12)13-16)11(17)15-7-5-14(2)6-8-15/h3-4,9H,5-8H2,1-2H3,(H2,12,13). The molecule has 0 bridgehead atoms. The molecule has 2 rings (SSSR count). The largest absolute Gasteiger partial charge is 0.382 e. The molecule has 1 atom stereocenters. The summed E-state index contributed by atoms with van der Waals surface area (Å²) in [6.45, 7) is 5.29. The number of amides is 1. The zero-order valence-corrected chi connectivity index (χ0v) is 10.3. The van der Waals surface area contributed by atoms with E-state index in [1.807, 2.05) is 11.8 Å². The molecule has 17 heavy (non-hydrogen) atoms. The van der Waals surface area contributed by atoms with Gasteiger partial charge in [0.25, 0.3) is 0 Å². The zero-order chi connectivity index (χ0) is 12.4. The van der Waals surface area contributed by atoms with E-state index in [9.17, 15) is 4.79 Å². The van der Waals surface area contributed by atoms with Gasteiger partial charge in [0.15, 0.2) is 0 Å². The van der Waals surface area contributed by atoms with E-state index in [0.29, 0.717) is 5.82 Å². The molecule has 1 saturated heterocycles. The first-order chi connectivity index (χ1) is 8.08. The first kappa shape index (κ1) is 11.9. The maximum Gasteiger partial charge on any atom is 0.247 e. The maximum atomic E-state index is 12.2.